The molecule has 1 heterocycles. The fourth-order valence-corrected chi connectivity index (χ4v) is 1.70. The van der Waals surface area contributed by atoms with Crippen molar-refractivity contribution < 1.29 is 22.7 Å². The molecular formula is C11H15ClF3N3O2. The lowest BCUT2D eigenvalue weighted by Gasteiger charge is -2.24. The van der Waals surface area contributed by atoms with E-state index in [0.717, 1.165) is 0 Å². The second-order valence-corrected chi connectivity index (χ2v) is 4.30. The topological polar surface area (TPSA) is 53.9 Å². The Morgan fingerprint density at radius 2 is 2.30 bits per heavy atom. The number of amides is 1. The number of ether oxygens (including phenoxy) is 1. The predicted octanol–water partition coefficient (Wildman–Crippen LogP) is 2.83. The highest BCUT2D eigenvalue weighted by Crippen LogP contribution is 2.21. The van der Waals surface area contributed by atoms with Crippen LogP contribution in [-0.4, -0.2) is 43.2 Å². The average molecular weight is 314 g/mol. The smallest absolute Gasteiger partial charge is 0.414 e. The molecule has 9 heteroatoms. The van der Waals surface area contributed by atoms with Crippen LogP contribution >= 0.6 is 11.6 Å². The third kappa shape index (κ3) is 5.28. The van der Waals surface area contributed by atoms with Crippen molar-refractivity contribution >= 4 is 23.9 Å². The Kier molecular flexibility index (Phi) is 6.12. The normalized spacial score (nSPS) is 15.1. The van der Waals surface area contributed by atoms with Crippen molar-refractivity contribution in [1.82, 2.24) is 10.2 Å². The Balaban J connectivity index is 2.50. The van der Waals surface area contributed by atoms with Crippen molar-refractivity contribution in [2.45, 2.75) is 25.9 Å². The molecule has 20 heavy (non-hydrogen) atoms. The van der Waals surface area contributed by atoms with Gasteiger partial charge in [0.25, 0.3) is 0 Å². The third-order valence-electron chi connectivity index (χ3n) is 2.42. The van der Waals surface area contributed by atoms with Crippen LogP contribution in [0.2, 0.25) is 0 Å². The summed E-state index contributed by atoms with van der Waals surface area (Å²) >= 11 is 5.90. The van der Waals surface area contributed by atoms with Crippen LogP contribution in [0, 0.1) is 0 Å². The predicted molar refractivity (Wildman–Crippen MR) is 68.4 cm³/mol. The van der Waals surface area contributed by atoms with Crippen molar-refractivity contribution in [1.29, 1.82) is 0 Å². The average Bonchev–Trinajstić information content (AvgIpc) is 2.37. The van der Waals surface area contributed by atoms with Crippen LogP contribution in [0.1, 0.15) is 19.8 Å². The van der Waals surface area contributed by atoms with E-state index in [1.807, 2.05) is 0 Å². The largest absolute Gasteiger partial charge is 0.449 e. The molecule has 114 valence electrons. The molecule has 0 spiro atoms. The van der Waals surface area contributed by atoms with E-state index in [2.05, 4.69) is 10.3 Å². The Morgan fingerprint density at radius 1 is 1.60 bits per heavy atom. The van der Waals surface area contributed by atoms with Gasteiger partial charge in [0, 0.05) is 13.0 Å². The standard InChI is InChI=1S/C11H15ClF3N3O2/c1-2-18(8-6-16-7-17-9(8)12)10(19)20-5-3-4-11(13,14)15/h6,17H,2-5,7H2,1H3. The summed E-state index contributed by atoms with van der Waals surface area (Å²) in [5.41, 5.74) is 0.334. The van der Waals surface area contributed by atoms with Crippen molar-refractivity contribution in [2.75, 3.05) is 19.8 Å². The van der Waals surface area contributed by atoms with Gasteiger partial charge in [-0.15, -0.1) is 0 Å². The quantitative estimate of drug-likeness (QED) is 0.627. The molecule has 0 fully saturated rings. The number of carbonyl (C=O) groups excluding carboxylic acids is 1. The van der Waals surface area contributed by atoms with E-state index >= 15 is 0 Å². The highest BCUT2D eigenvalue weighted by atomic mass is 35.5. The first-order valence-corrected chi connectivity index (χ1v) is 6.37. The Hall–Kier alpha value is -1.44. The number of hydrogen-bond donors (Lipinski definition) is 1. The van der Waals surface area contributed by atoms with E-state index in [1.54, 1.807) is 6.92 Å². The second kappa shape index (κ2) is 7.37. The van der Waals surface area contributed by atoms with Gasteiger partial charge in [-0.25, -0.2) is 4.79 Å². The number of nitrogens with zero attached hydrogens (tertiary/aromatic N) is 2. The summed E-state index contributed by atoms with van der Waals surface area (Å²) in [6.07, 6.45) is -4.84. The minimum absolute atomic E-state index is 0.245. The Bertz CT molecular complexity index is 410. The van der Waals surface area contributed by atoms with Gasteiger partial charge in [-0.3, -0.25) is 9.89 Å². The summed E-state index contributed by atoms with van der Waals surface area (Å²) in [6.45, 7) is 1.96. The zero-order chi connectivity index (χ0) is 15.2. The van der Waals surface area contributed by atoms with E-state index in [0.29, 0.717) is 12.4 Å². The number of allylic oxidation sites excluding steroid dienone is 1. The lowest BCUT2D eigenvalue weighted by molar-refractivity contribution is -0.137. The van der Waals surface area contributed by atoms with Gasteiger partial charge in [0.1, 0.15) is 11.8 Å². The van der Waals surface area contributed by atoms with E-state index in [4.69, 9.17) is 16.3 Å². The number of aliphatic imine (C=N–C) groups is 1. The summed E-state index contributed by atoms with van der Waals surface area (Å²) in [5.74, 6) is 0. The summed E-state index contributed by atoms with van der Waals surface area (Å²) in [4.78, 5) is 16.9. The molecule has 0 aromatic heterocycles. The van der Waals surface area contributed by atoms with Gasteiger partial charge in [0.05, 0.1) is 18.5 Å². The van der Waals surface area contributed by atoms with Crippen LogP contribution in [-0.2, 0) is 4.74 Å². The first-order chi connectivity index (χ1) is 9.35. The van der Waals surface area contributed by atoms with Crippen LogP contribution in [0.15, 0.2) is 15.8 Å². The van der Waals surface area contributed by atoms with Crippen molar-refractivity contribution in [3.05, 3.63) is 10.9 Å². The van der Waals surface area contributed by atoms with Gasteiger partial charge in [-0.05, 0) is 13.3 Å². The molecule has 1 aliphatic rings. The zero-order valence-electron chi connectivity index (χ0n) is 10.8. The van der Waals surface area contributed by atoms with E-state index in [-0.39, 0.29) is 24.7 Å². The third-order valence-corrected chi connectivity index (χ3v) is 2.75. The SMILES string of the molecule is CCN(C(=O)OCCCC(F)(F)F)C1=C(Cl)NCN=C1. The van der Waals surface area contributed by atoms with Crippen LogP contribution < -0.4 is 5.32 Å². The van der Waals surface area contributed by atoms with Gasteiger partial charge in [-0.1, -0.05) is 11.6 Å². The highest BCUT2D eigenvalue weighted by molar-refractivity contribution is 6.31. The maximum absolute atomic E-state index is 11.9. The van der Waals surface area contributed by atoms with Gasteiger partial charge >= 0.3 is 12.3 Å². The van der Waals surface area contributed by atoms with Crippen LogP contribution in [0.4, 0.5) is 18.0 Å². The molecule has 1 aliphatic heterocycles. The van der Waals surface area contributed by atoms with E-state index < -0.39 is 18.7 Å². The molecule has 0 aliphatic carbocycles. The molecule has 1 N–H and O–H groups in total. The fraction of sp³-hybridized carbons (Fsp3) is 0.636. The molecular weight excluding hydrogens is 299 g/mol. The molecule has 1 rings (SSSR count). The Morgan fingerprint density at radius 3 is 2.85 bits per heavy atom. The molecule has 5 nitrogen and oxygen atoms in total. The number of hydrogen-bond acceptors (Lipinski definition) is 4. The van der Waals surface area contributed by atoms with E-state index in [1.165, 1.54) is 11.1 Å². The maximum Gasteiger partial charge on any atom is 0.414 e. The molecule has 0 radical (unpaired) electrons. The van der Waals surface area contributed by atoms with Crippen LogP contribution in [0.3, 0.4) is 0 Å². The molecule has 0 atom stereocenters. The molecule has 1 amide bonds. The van der Waals surface area contributed by atoms with Crippen LogP contribution in [0.5, 0.6) is 0 Å². The first kappa shape index (κ1) is 16.6. The molecule has 0 saturated carbocycles. The van der Waals surface area contributed by atoms with Gasteiger partial charge < -0.3 is 10.1 Å². The molecule has 0 aromatic rings. The second-order valence-electron chi connectivity index (χ2n) is 3.92. The summed E-state index contributed by atoms with van der Waals surface area (Å²) < 4.78 is 40.6. The van der Waals surface area contributed by atoms with Gasteiger partial charge in [0.15, 0.2) is 0 Å². The van der Waals surface area contributed by atoms with Gasteiger partial charge in [-0.2, -0.15) is 13.2 Å². The van der Waals surface area contributed by atoms with Crippen molar-refractivity contribution in [3.63, 3.8) is 0 Å². The molecule has 0 aromatic carbocycles. The molecule has 0 bridgehead atoms. The molecule has 0 saturated heterocycles. The van der Waals surface area contributed by atoms with Crippen LogP contribution in [0.25, 0.3) is 0 Å². The summed E-state index contributed by atoms with van der Waals surface area (Å²) in [6, 6.07) is 0. The minimum atomic E-state index is -4.25. The first-order valence-electron chi connectivity index (χ1n) is 5.99. The maximum atomic E-state index is 11.9. The molecule has 0 unspecified atom stereocenters. The number of halogens is 4. The minimum Gasteiger partial charge on any atom is -0.449 e. The number of rotatable bonds is 5. The monoisotopic (exact) mass is 313 g/mol. The number of alkyl halides is 3. The lowest BCUT2D eigenvalue weighted by Crippen LogP contribution is -2.35. The number of carbonyl (C=O) groups is 1. The highest BCUT2D eigenvalue weighted by Gasteiger charge is 2.27. The lowest BCUT2D eigenvalue weighted by atomic mass is 10.3. The van der Waals surface area contributed by atoms with Gasteiger partial charge in [0.2, 0.25) is 0 Å². The summed E-state index contributed by atoms with van der Waals surface area (Å²) in [7, 11) is 0. The van der Waals surface area contributed by atoms with Crippen molar-refractivity contribution in [3.8, 4) is 0 Å². The summed E-state index contributed by atoms with van der Waals surface area (Å²) in [5, 5.41) is 2.98. The zero-order valence-corrected chi connectivity index (χ0v) is 11.6. The van der Waals surface area contributed by atoms with Crippen molar-refractivity contribution in [2.24, 2.45) is 4.99 Å². The fourth-order valence-electron chi connectivity index (χ4n) is 1.49. The van der Waals surface area contributed by atoms with E-state index in [9.17, 15) is 18.0 Å². The number of nitrogens with one attached hydrogen (secondary N) is 1. The Labute approximate surface area is 119 Å².